The minimum Gasteiger partial charge on any atom is -0.307 e. The maximum atomic E-state index is 11.8. The van der Waals surface area contributed by atoms with E-state index in [1.54, 1.807) is 30.5 Å². The predicted molar refractivity (Wildman–Crippen MR) is 66.3 cm³/mol. The van der Waals surface area contributed by atoms with Crippen LogP contribution in [0.15, 0.2) is 53.1 Å². The Bertz CT molecular complexity index is 499. The molecule has 0 unspecified atom stereocenters. The number of hydrogen-bond acceptors (Lipinski definition) is 2. The van der Waals surface area contributed by atoms with Gasteiger partial charge in [-0.2, -0.15) is 0 Å². The van der Waals surface area contributed by atoms with Gasteiger partial charge in [0.15, 0.2) is 0 Å². The molecule has 1 aromatic carbocycles. The fourth-order valence-corrected chi connectivity index (χ4v) is 1.65. The summed E-state index contributed by atoms with van der Waals surface area (Å²) in [5.41, 5.74) is 0.597. The monoisotopic (exact) mass is 276 g/mol. The Labute approximate surface area is 102 Å². The summed E-state index contributed by atoms with van der Waals surface area (Å²) in [4.78, 5) is 15.8. The number of aromatic nitrogens is 1. The summed E-state index contributed by atoms with van der Waals surface area (Å²) >= 11 is 3.32. The average Bonchev–Trinajstić information content (AvgIpc) is 2.30. The number of pyridine rings is 1. The van der Waals surface area contributed by atoms with Crippen LogP contribution in [0.4, 0.5) is 5.82 Å². The van der Waals surface area contributed by atoms with E-state index < -0.39 is 0 Å². The first-order chi connectivity index (χ1) is 7.75. The third kappa shape index (κ3) is 2.67. The molecule has 0 saturated heterocycles. The zero-order valence-corrected chi connectivity index (χ0v) is 9.94. The molecule has 0 spiro atoms. The van der Waals surface area contributed by atoms with Crippen molar-refractivity contribution in [2.45, 2.75) is 0 Å². The van der Waals surface area contributed by atoms with Crippen molar-refractivity contribution in [1.82, 2.24) is 4.98 Å². The van der Waals surface area contributed by atoms with Crippen molar-refractivity contribution < 1.29 is 4.79 Å². The highest BCUT2D eigenvalue weighted by Gasteiger charge is 2.06. The maximum Gasteiger partial charge on any atom is 0.256 e. The predicted octanol–water partition coefficient (Wildman–Crippen LogP) is 3.10. The van der Waals surface area contributed by atoms with Crippen molar-refractivity contribution in [3.8, 4) is 0 Å². The van der Waals surface area contributed by atoms with Crippen LogP contribution in [0.1, 0.15) is 10.4 Å². The molecule has 0 aliphatic heterocycles. The molecule has 0 bridgehead atoms. The largest absolute Gasteiger partial charge is 0.307 e. The Morgan fingerprint density at radius 3 is 2.75 bits per heavy atom. The van der Waals surface area contributed by atoms with Crippen LogP contribution in [0.2, 0.25) is 0 Å². The van der Waals surface area contributed by atoms with Crippen LogP contribution in [0.25, 0.3) is 0 Å². The Balaban J connectivity index is 2.15. The zero-order valence-electron chi connectivity index (χ0n) is 8.35. The molecule has 80 valence electrons. The quantitative estimate of drug-likeness (QED) is 0.916. The lowest BCUT2D eigenvalue weighted by atomic mass is 10.2. The summed E-state index contributed by atoms with van der Waals surface area (Å²) < 4.78 is 0.876. The fourth-order valence-electron chi connectivity index (χ4n) is 1.25. The molecular weight excluding hydrogens is 268 g/mol. The van der Waals surface area contributed by atoms with Gasteiger partial charge in [-0.1, -0.05) is 28.1 Å². The number of carbonyl (C=O) groups excluding carboxylic acids is 1. The molecule has 2 aromatic rings. The molecule has 1 heterocycles. The number of anilines is 1. The number of nitrogens with zero attached hydrogens (tertiary/aromatic N) is 1. The van der Waals surface area contributed by atoms with E-state index in [9.17, 15) is 4.79 Å². The van der Waals surface area contributed by atoms with Crippen molar-refractivity contribution in [1.29, 1.82) is 0 Å². The van der Waals surface area contributed by atoms with Crippen molar-refractivity contribution in [2.24, 2.45) is 0 Å². The third-order valence-corrected chi connectivity index (χ3v) is 2.49. The first-order valence-electron chi connectivity index (χ1n) is 4.73. The summed E-state index contributed by atoms with van der Waals surface area (Å²) in [6.07, 6.45) is 1.64. The highest BCUT2D eigenvalue weighted by atomic mass is 79.9. The second kappa shape index (κ2) is 4.90. The van der Waals surface area contributed by atoms with Gasteiger partial charge in [0, 0.05) is 16.2 Å². The smallest absolute Gasteiger partial charge is 0.256 e. The van der Waals surface area contributed by atoms with Crippen molar-refractivity contribution in [3.05, 3.63) is 58.7 Å². The molecule has 0 saturated carbocycles. The van der Waals surface area contributed by atoms with Gasteiger partial charge in [0.1, 0.15) is 5.82 Å². The average molecular weight is 277 g/mol. The Kier molecular flexibility index (Phi) is 3.31. The van der Waals surface area contributed by atoms with E-state index in [0.29, 0.717) is 11.4 Å². The van der Waals surface area contributed by atoms with Crippen LogP contribution in [0.3, 0.4) is 0 Å². The van der Waals surface area contributed by atoms with Crippen LogP contribution in [0.5, 0.6) is 0 Å². The van der Waals surface area contributed by atoms with E-state index in [4.69, 9.17) is 0 Å². The molecule has 0 fully saturated rings. The zero-order chi connectivity index (χ0) is 11.4. The van der Waals surface area contributed by atoms with E-state index in [0.717, 1.165) is 4.47 Å². The lowest BCUT2D eigenvalue weighted by molar-refractivity contribution is 0.102. The summed E-state index contributed by atoms with van der Waals surface area (Å²) in [5, 5.41) is 2.71. The van der Waals surface area contributed by atoms with E-state index >= 15 is 0 Å². The van der Waals surface area contributed by atoms with E-state index in [1.807, 2.05) is 18.2 Å². The number of amides is 1. The lowest BCUT2D eigenvalue weighted by Crippen LogP contribution is -2.12. The Hall–Kier alpha value is -1.68. The summed E-state index contributed by atoms with van der Waals surface area (Å²) in [6.45, 7) is 0. The number of benzene rings is 1. The SMILES string of the molecule is O=C(Nc1ccccn1)c1cccc(Br)c1. The van der Waals surface area contributed by atoms with Crippen molar-refractivity contribution in [3.63, 3.8) is 0 Å². The van der Waals surface area contributed by atoms with Gasteiger partial charge in [-0.05, 0) is 30.3 Å². The first-order valence-corrected chi connectivity index (χ1v) is 5.53. The van der Waals surface area contributed by atoms with Crippen molar-refractivity contribution >= 4 is 27.7 Å². The minimum atomic E-state index is -0.167. The third-order valence-electron chi connectivity index (χ3n) is 1.99. The molecule has 3 nitrogen and oxygen atoms in total. The Morgan fingerprint density at radius 2 is 2.06 bits per heavy atom. The molecule has 16 heavy (non-hydrogen) atoms. The second-order valence-electron chi connectivity index (χ2n) is 3.18. The van der Waals surface area contributed by atoms with E-state index in [-0.39, 0.29) is 5.91 Å². The molecule has 1 N–H and O–H groups in total. The normalized spacial score (nSPS) is 9.81. The number of halogens is 1. The van der Waals surface area contributed by atoms with Crippen LogP contribution < -0.4 is 5.32 Å². The Morgan fingerprint density at radius 1 is 1.19 bits per heavy atom. The summed E-state index contributed by atoms with van der Waals surface area (Å²) in [7, 11) is 0. The fraction of sp³-hybridized carbons (Fsp3) is 0. The molecule has 1 amide bonds. The molecule has 2 rings (SSSR count). The van der Waals surface area contributed by atoms with Crippen LogP contribution in [0, 0.1) is 0 Å². The minimum absolute atomic E-state index is 0.167. The number of hydrogen-bond donors (Lipinski definition) is 1. The van der Waals surface area contributed by atoms with E-state index in [2.05, 4.69) is 26.2 Å². The molecule has 4 heteroatoms. The van der Waals surface area contributed by atoms with Gasteiger partial charge in [0.05, 0.1) is 0 Å². The molecule has 0 atom stereocenters. The number of nitrogens with one attached hydrogen (secondary N) is 1. The molecule has 0 aliphatic carbocycles. The maximum absolute atomic E-state index is 11.8. The van der Waals surface area contributed by atoms with Crippen LogP contribution in [-0.2, 0) is 0 Å². The first kappa shape index (κ1) is 10.8. The molecule has 0 radical (unpaired) electrons. The highest BCUT2D eigenvalue weighted by Crippen LogP contribution is 2.12. The molecular formula is C12H9BrN2O. The van der Waals surface area contributed by atoms with Gasteiger partial charge in [0.25, 0.3) is 5.91 Å². The topological polar surface area (TPSA) is 42.0 Å². The van der Waals surface area contributed by atoms with Crippen molar-refractivity contribution in [2.75, 3.05) is 5.32 Å². The second-order valence-corrected chi connectivity index (χ2v) is 4.10. The summed E-state index contributed by atoms with van der Waals surface area (Å²) in [5.74, 6) is 0.382. The van der Waals surface area contributed by atoms with Gasteiger partial charge in [-0.15, -0.1) is 0 Å². The van der Waals surface area contributed by atoms with Crippen LogP contribution >= 0.6 is 15.9 Å². The molecule has 0 aliphatic rings. The van der Waals surface area contributed by atoms with Gasteiger partial charge < -0.3 is 5.32 Å². The van der Waals surface area contributed by atoms with Gasteiger partial charge in [0.2, 0.25) is 0 Å². The van der Waals surface area contributed by atoms with Crippen LogP contribution in [-0.4, -0.2) is 10.9 Å². The highest BCUT2D eigenvalue weighted by molar-refractivity contribution is 9.10. The van der Waals surface area contributed by atoms with Gasteiger partial charge in [-0.25, -0.2) is 4.98 Å². The van der Waals surface area contributed by atoms with Gasteiger partial charge >= 0.3 is 0 Å². The number of carbonyl (C=O) groups is 1. The lowest BCUT2D eigenvalue weighted by Gasteiger charge is -2.03. The standard InChI is InChI=1S/C12H9BrN2O/c13-10-5-3-4-9(8-10)12(16)15-11-6-1-2-7-14-11/h1-8H,(H,14,15,16). The molecule has 1 aromatic heterocycles. The van der Waals surface area contributed by atoms with Gasteiger partial charge in [-0.3, -0.25) is 4.79 Å². The number of rotatable bonds is 2. The summed E-state index contributed by atoms with van der Waals surface area (Å²) in [6, 6.07) is 12.6. The van der Waals surface area contributed by atoms with E-state index in [1.165, 1.54) is 0 Å².